The summed E-state index contributed by atoms with van der Waals surface area (Å²) in [7, 11) is 0. The normalized spacial score (nSPS) is 22.5. The van der Waals surface area contributed by atoms with Crippen molar-refractivity contribution in [1.82, 2.24) is 20.9 Å². The Labute approximate surface area is 242 Å². The van der Waals surface area contributed by atoms with Gasteiger partial charge in [0.05, 0.1) is 6.42 Å². The molecule has 1 unspecified atom stereocenters. The number of fused-ring (bicyclic) bond motifs is 1. The molecule has 3 atom stereocenters. The summed E-state index contributed by atoms with van der Waals surface area (Å²) in [6.45, 7) is 4.77. The topological polar surface area (TPSA) is 154 Å². The Morgan fingerprint density at radius 2 is 1.83 bits per heavy atom. The Kier molecular flexibility index (Phi) is 8.62. The van der Waals surface area contributed by atoms with Crippen LogP contribution in [0.3, 0.4) is 0 Å². The third-order valence-corrected chi connectivity index (χ3v) is 7.85. The van der Waals surface area contributed by atoms with E-state index in [4.69, 9.17) is 4.74 Å². The second kappa shape index (κ2) is 11.7. The Morgan fingerprint density at radius 3 is 2.38 bits per heavy atom. The van der Waals surface area contributed by atoms with Gasteiger partial charge in [-0.2, -0.15) is 13.2 Å². The van der Waals surface area contributed by atoms with E-state index in [1.165, 1.54) is 0 Å². The molecule has 4 rings (SSSR count). The van der Waals surface area contributed by atoms with Crippen molar-refractivity contribution in [3.63, 3.8) is 0 Å². The molecule has 0 spiro atoms. The van der Waals surface area contributed by atoms with E-state index in [-0.39, 0.29) is 35.4 Å². The predicted octanol–water partition coefficient (Wildman–Crippen LogP) is 2.76. The Morgan fingerprint density at radius 1 is 1.17 bits per heavy atom. The van der Waals surface area contributed by atoms with Crippen LogP contribution in [0.1, 0.15) is 45.2 Å². The molecule has 3 heterocycles. The van der Waals surface area contributed by atoms with Gasteiger partial charge >= 0.3 is 18.2 Å². The zero-order chi connectivity index (χ0) is 31.0. The van der Waals surface area contributed by atoms with E-state index in [1.807, 2.05) is 0 Å². The van der Waals surface area contributed by atoms with Crippen LogP contribution in [-0.2, 0) is 23.9 Å². The first-order valence-electron chi connectivity index (χ1n) is 12.9. The maximum Gasteiger partial charge on any atom is 0.408 e. The maximum absolute atomic E-state index is 13.5. The number of aliphatic carboxylic acids is 1. The van der Waals surface area contributed by atoms with Gasteiger partial charge in [-0.15, -0.1) is 11.8 Å². The van der Waals surface area contributed by atoms with Crippen LogP contribution in [0.2, 0.25) is 0 Å². The summed E-state index contributed by atoms with van der Waals surface area (Å²) in [5.41, 5.74) is -1.51. The summed E-state index contributed by atoms with van der Waals surface area (Å²) in [6, 6.07) is 5.69. The van der Waals surface area contributed by atoms with Gasteiger partial charge in [0.2, 0.25) is 11.8 Å². The van der Waals surface area contributed by atoms with Gasteiger partial charge < -0.3 is 25.8 Å². The molecule has 15 heteroatoms. The number of rotatable bonds is 7. The van der Waals surface area contributed by atoms with E-state index in [9.17, 15) is 42.3 Å². The molecule has 2 fully saturated rings. The molecule has 1 aromatic rings. The smallest absolute Gasteiger partial charge is 0.408 e. The van der Waals surface area contributed by atoms with E-state index in [1.54, 1.807) is 51.1 Å². The number of amides is 4. The second-order valence-electron chi connectivity index (χ2n) is 10.8. The van der Waals surface area contributed by atoms with Crippen molar-refractivity contribution in [1.29, 1.82) is 0 Å². The van der Waals surface area contributed by atoms with Crippen LogP contribution in [0.15, 0.2) is 52.7 Å². The fourth-order valence-corrected chi connectivity index (χ4v) is 6.22. The number of halogens is 3. The summed E-state index contributed by atoms with van der Waals surface area (Å²) in [4.78, 5) is 64.0. The van der Waals surface area contributed by atoms with Crippen molar-refractivity contribution in [3.05, 3.63) is 58.3 Å². The number of alkyl carbamates (subject to hydrolysis) is 1. The average Bonchev–Trinajstić information content (AvgIpc) is 3.32. The lowest BCUT2D eigenvalue weighted by atomic mass is 9.92. The number of hydrogen-bond acceptors (Lipinski definition) is 7. The molecule has 4 amide bonds. The van der Waals surface area contributed by atoms with Crippen LogP contribution in [0.4, 0.5) is 18.0 Å². The highest BCUT2D eigenvalue weighted by molar-refractivity contribution is 8.00. The van der Waals surface area contributed by atoms with E-state index >= 15 is 0 Å². The lowest BCUT2D eigenvalue weighted by Crippen LogP contribution is -2.71. The lowest BCUT2D eigenvalue weighted by molar-refractivity contribution is -0.151. The highest BCUT2D eigenvalue weighted by Crippen LogP contribution is 2.45. The van der Waals surface area contributed by atoms with Crippen LogP contribution in [-0.4, -0.2) is 75.3 Å². The molecule has 1 aromatic carbocycles. The monoisotopic (exact) mass is 610 g/mol. The molecular formula is C27H29F3N4O7S. The molecule has 0 aliphatic carbocycles. The molecule has 42 heavy (non-hydrogen) atoms. The molecule has 0 aromatic heterocycles. The number of thioether (sulfide) groups is 1. The van der Waals surface area contributed by atoms with Gasteiger partial charge in [0, 0.05) is 18.7 Å². The second-order valence-corrected chi connectivity index (χ2v) is 12.0. The first-order valence-corrected chi connectivity index (χ1v) is 13.9. The minimum Gasteiger partial charge on any atom is -0.477 e. The Bertz CT molecular complexity index is 1370. The molecule has 226 valence electrons. The number of nitrogens with one attached hydrogen (secondary N) is 3. The third kappa shape index (κ3) is 6.89. The lowest BCUT2D eigenvalue weighted by Gasteiger charge is -2.50. The standard InChI is InChI=1S/C27H29F3N4O7S/c1-26(2,3)41-25(40)33-18(13-7-5-4-6-8-13)21(36)32-19-22(37)34-20(24(38)39)16(12-42-23(19)34)15(10-27(28,29)30)14-9-17(35)31-11-14/h4-8,18-19,23H,9-12H2,1-3H3,(H,31,35)(H,32,36)(H,33,40)(H,38,39)/t18?,19-,23-/m1/s1. The van der Waals surface area contributed by atoms with Crippen LogP contribution in [0, 0.1) is 0 Å². The number of alkyl halides is 3. The third-order valence-electron chi connectivity index (χ3n) is 6.57. The van der Waals surface area contributed by atoms with Crippen LogP contribution in [0.5, 0.6) is 0 Å². The number of ether oxygens (including phenoxy) is 1. The van der Waals surface area contributed by atoms with Crippen LogP contribution in [0.25, 0.3) is 0 Å². The van der Waals surface area contributed by atoms with Gasteiger partial charge in [0.25, 0.3) is 5.91 Å². The molecule has 3 aliphatic rings. The Balaban J connectivity index is 1.60. The number of allylic oxidation sites excluding steroid dienone is 1. The van der Waals surface area contributed by atoms with Crippen molar-refractivity contribution in [2.45, 2.75) is 62.8 Å². The number of hydrogen-bond donors (Lipinski definition) is 4. The van der Waals surface area contributed by atoms with Crippen molar-refractivity contribution >= 4 is 41.5 Å². The molecule has 0 bridgehead atoms. The number of nitrogens with zero attached hydrogens (tertiary/aromatic N) is 1. The molecular weight excluding hydrogens is 581 g/mol. The average molecular weight is 611 g/mol. The quantitative estimate of drug-likeness (QED) is 0.344. The molecule has 2 saturated heterocycles. The minimum atomic E-state index is -4.70. The summed E-state index contributed by atoms with van der Waals surface area (Å²) in [5.74, 6) is -3.91. The van der Waals surface area contributed by atoms with E-state index in [0.29, 0.717) is 5.56 Å². The molecule has 0 saturated carbocycles. The van der Waals surface area contributed by atoms with Crippen molar-refractivity contribution in [2.24, 2.45) is 0 Å². The van der Waals surface area contributed by atoms with E-state index in [0.717, 1.165) is 16.7 Å². The molecule has 11 nitrogen and oxygen atoms in total. The SMILES string of the molecule is CC(C)(C)OC(=O)NC(C(=O)N[C@@H]1C(=O)N2C(C(=O)O)=C(C(CC(F)(F)F)=C3CNC(=O)C3)CS[C@H]12)c1ccccc1. The molecule has 3 aliphatic heterocycles. The summed E-state index contributed by atoms with van der Waals surface area (Å²) < 4.78 is 45.8. The number of carboxylic acid groups (broad SMARTS) is 1. The van der Waals surface area contributed by atoms with Crippen LogP contribution >= 0.6 is 11.8 Å². The first-order chi connectivity index (χ1) is 19.6. The fourth-order valence-electron chi connectivity index (χ4n) is 4.84. The first kappa shape index (κ1) is 30.9. The highest BCUT2D eigenvalue weighted by atomic mass is 32.2. The van der Waals surface area contributed by atoms with Gasteiger partial charge in [-0.1, -0.05) is 30.3 Å². The van der Waals surface area contributed by atoms with Gasteiger partial charge in [-0.25, -0.2) is 9.59 Å². The van der Waals surface area contributed by atoms with Gasteiger partial charge in [-0.05, 0) is 43.1 Å². The maximum atomic E-state index is 13.5. The van der Waals surface area contributed by atoms with Gasteiger partial charge in [-0.3, -0.25) is 19.3 Å². The van der Waals surface area contributed by atoms with Crippen molar-refractivity contribution in [2.75, 3.05) is 12.3 Å². The van der Waals surface area contributed by atoms with Crippen molar-refractivity contribution in [3.8, 4) is 0 Å². The van der Waals surface area contributed by atoms with Gasteiger partial charge in [0.1, 0.15) is 28.8 Å². The van der Waals surface area contributed by atoms with E-state index < -0.39 is 71.1 Å². The van der Waals surface area contributed by atoms with Crippen molar-refractivity contribution < 1.29 is 47.0 Å². The summed E-state index contributed by atoms with van der Waals surface area (Å²) in [6.07, 6.45) is -7.36. The van der Waals surface area contributed by atoms with Crippen LogP contribution < -0.4 is 16.0 Å². The number of carboxylic acids is 1. The van der Waals surface area contributed by atoms with E-state index in [2.05, 4.69) is 16.0 Å². The zero-order valence-electron chi connectivity index (χ0n) is 22.8. The Hall–Kier alpha value is -4.01. The summed E-state index contributed by atoms with van der Waals surface area (Å²) >= 11 is 0.990. The number of β-lactam (4-membered cyclic amide) rings is 1. The zero-order valence-corrected chi connectivity index (χ0v) is 23.6. The predicted molar refractivity (Wildman–Crippen MR) is 144 cm³/mol. The molecule has 4 N–H and O–H groups in total. The largest absolute Gasteiger partial charge is 0.477 e. The fraction of sp³-hybridized carbons (Fsp3) is 0.444. The number of carbonyl (C=O) groups is 5. The minimum absolute atomic E-state index is 0.113. The summed E-state index contributed by atoms with van der Waals surface area (Å²) in [5, 5.41) is 16.5. The number of carbonyl (C=O) groups excluding carboxylic acids is 4. The highest BCUT2D eigenvalue weighted by Gasteiger charge is 2.55. The number of benzene rings is 1. The van der Waals surface area contributed by atoms with Gasteiger partial charge in [0.15, 0.2) is 0 Å². The molecule has 0 radical (unpaired) electrons.